The quantitative estimate of drug-likeness (QED) is 0.116. The number of nitrogens with two attached hydrogens (primary N) is 1. The van der Waals surface area contributed by atoms with Gasteiger partial charge in [-0.2, -0.15) is 9.41 Å². The van der Waals surface area contributed by atoms with Crippen molar-refractivity contribution in [2.24, 2.45) is 10.9 Å². The molecular weight excluding hydrogens is 440 g/mol. The third kappa shape index (κ3) is 5.77. The SMILES string of the molecule is CS(=O)(=O)N1CCC[C@H]1C(=O)NC(CCCNC=NN)C(=O)c1nc2ccccc2s1. The molecule has 1 fully saturated rings. The van der Waals surface area contributed by atoms with Gasteiger partial charge in [0.1, 0.15) is 12.4 Å². The molecule has 2 atom stereocenters. The molecule has 1 aromatic carbocycles. The molecule has 31 heavy (non-hydrogen) atoms. The van der Waals surface area contributed by atoms with Crippen molar-refractivity contribution in [2.75, 3.05) is 19.3 Å². The van der Waals surface area contributed by atoms with Gasteiger partial charge in [0.25, 0.3) is 0 Å². The molecule has 1 amide bonds. The average Bonchev–Trinajstić information content (AvgIpc) is 3.39. The van der Waals surface area contributed by atoms with E-state index in [1.165, 1.54) is 22.0 Å². The van der Waals surface area contributed by atoms with Crippen LogP contribution in [0.2, 0.25) is 0 Å². The molecule has 4 N–H and O–H groups in total. The Hall–Kier alpha value is -2.57. The number of hydrogen-bond acceptors (Lipinski definition) is 8. The number of nitrogens with zero attached hydrogens (tertiary/aromatic N) is 3. The largest absolute Gasteiger partial charge is 0.375 e. The van der Waals surface area contributed by atoms with Gasteiger partial charge in [0.15, 0.2) is 5.01 Å². The van der Waals surface area contributed by atoms with E-state index in [9.17, 15) is 18.0 Å². The number of sulfonamides is 1. The Bertz CT molecular complexity index is 1040. The van der Waals surface area contributed by atoms with Crippen molar-refractivity contribution in [3.8, 4) is 0 Å². The molecule has 1 aliphatic rings. The molecular formula is C19H26N6O4S2. The number of rotatable bonds is 10. The van der Waals surface area contributed by atoms with Crippen molar-refractivity contribution in [2.45, 2.75) is 37.8 Å². The van der Waals surface area contributed by atoms with Crippen molar-refractivity contribution in [3.63, 3.8) is 0 Å². The van der Waals surface area contributed by atoms with Crippen LogP contribution in [0.1, 0.15) is 35.5 Å². The van der Waals surface area contributed by atoms with Crippen molar-refractivity contribution in [3.05, 3.63) is 29.3 Å². The molecule has 3 rings (SSSR count). The maximum absolute atomic E-state index is 13.2. The number of hydrazone groups is 1. The summed E-state index contributed by atoms with van der Waals surface area (Å²) in [7, 11) is -3.51. The first-order valence-corrected chi connectivity index (χ1v) is 12.6. The van der Waals surface area contributed by atoms with E-state index in [2.05, 4.69) is 20.7 Å². The monoisotopic (exact) mass is 466 g/mol. The summed E-state index contributed by atoms with van der Waals surface area (Å²) in [4.78, 5) is 30.5. The van der Waals surface area contributed by atoms with Gasteiger partial charge in [0, 0.05) is 13.1 Å². The van der Waals surface area contributed by atoms with Crippen LogP contribution in [0.3, 0.4) is 0 Å². The minimum absolute atomic E-state index is 0.286. The second-order valence-electron chi connectivity index (χ2n) is 7.32. The second-order valence-corrected chi connectivity index (χ2v) is 10.3. The Morgan fingerprint density at radius 2 is 2.19 bits per heavy atom. The number of nitrogens with one attached hydrogen (secondary N) is 2. The number of amides is 1. The van der Waals surface area contributed by atoms with Gasteiger partial charge in [0.2, 0.25) is 21.7 Å². The van der Waals surface area contributed by atoms with E-state index >= 15 is 0 Å². The lowest BCUT2D eigenvalue weighted by Gasteiger charge is -2.24. The summed E-state index contributed by atoms with van der Waals surface area (Å²) in [5, 5.41) is 9.33. The molecule has 1 aromatic heterocycles. The molecule has 1 saturated heterocycles. The molecule has 0 radical (unpaired) electrons. The van der Waals surface area contributed by atoms with Crippen LogP contribution in [0.4, 0.5) is 0 Å². The molecule has 10 nitrogen and oxygen atoms in total. The van der Waals surface area contributed by atoms with Gasteiger partial charge >= 0.3 is 0 Å². The minimum Gasteiger partial charge on any atom is -0.375 e. The first-order valence-electron chi connectivity index (χ1n) is 9.93. The highest BCUT2D eigenvalue weighted by Gasteiger charge is 2.38. The number of hydrogen-bond donors (Lipinski definition) is 3. The molecule has 0 spiro atoms. The van der Waals surface area contributed by atoms with Gasteiger partial charge in [0.05, 0.1) is 22.5 Å². The molecule has 0 saturated carbocycles. The third-order valence-corrected chi connectivity index (χ3v) is 7.39. The van der Waals surface area contributed by atoms with E-state index in [1.54, 1.807) is 0 Å². The average molecular weight is 467 g/mol. The summed E-state index contributed by atoms with van der Waals surface area (Å²) in [5.41, 5.74) is 0.723. The van der Waals surface area contributed by atoms with Gasteiger partial charge in [-0.1, -0.05) is 12.1 Å². The standard InChI is InChI=1S/C19H26N6O4S2/c1-31(28,29)25-11-5-8-15(25)18(27)23-14(7-4-10-21-12-22-20)17(26)19-24-13-6-2-3-9-16(13)30-19/h2-3,6,9,12,14-15H,4-5,7-8,10-11,20H2,1H3,(H,21,22)(H,23,27)/t14?,15-/m0/s1. The molecule has 0 bridgehead atoms. The molecule has 12 heteroatoms. The zero-order valence-electron chi connectivity index (χ0n) is 17.2. The zero-order valence-corrected chi connectivity index (χ0v) is 18.8. The maximum Gasteiger partial charge on any atom is 0.239 e. The van der Waals surface area contributed by atoms with E-state index in [0.717, 1.165) is 16.5 Å². The summed E-state index contributed by atoms with van der Waals surface area (Å²) < 4.78 is 26.1. The van der Waals surface area contributed by atoms with Crippen LogP contribution in [0.25, 0.3) is 10.2 Å². The van der Waals surface area contributed by atoms with E-state index in [4.69, 9.17) is 5.84 Å². The van der Waals surface area contributed by atoms with Crippen molar-refractivity contribution in [1.82, 2.24) is 19.9 Å². The van der Waals surface area contributed by atoms with Crippen molar-refractivity contribution in [1.29, 1.82) is 0 Å². The molecule has 2 heterocycles. The fraction of sp³-hybridized carbons (Fsp3) is 0.474. The molecule has 0 aliphatic carbocycles. The van der Waals surface area contributed by atoms with Gasteiger partial charge in [-0.05, 0) is 37.8 Å². The number of thiazole rings is 1. The van der Waals surface area contributed by atoms with Crippen LogP contribution in [-0.4, -0.2) is 67.2 Å². The topological polar surface area (TPSA) is 147 Å². The Labute approximate surface area is 184 Å². The molecule has 1 aliphatic heterocycles. The van der Waals surface area contributed by atoms with Crippen LogP contribution in [-0.2, 0) is 14.8 Å². The number of carbonyl (C=O) groups excluding carboxylic acids is 2. The van der Waals surface area contributed by atoms with Gasteiger partial charge in [-0.25, -0.2) is 13.4 Å². The summed E-state index contributed by atoms with van der Waals surface area (Å²) >= 11 is 1.27. The Kier molecular flexibility index (Phi) is 7.57. The first kappa shape index (κ1) is 23.1. The predicted octanol–water partition coefficient (Wildman–Crippen LogP) is 0.660. The van der Waals surface area contributed by atoms with E-state index in [1.807, 2.05) is 24.3 Å². The molecule has 2 aromatic rings. The Balaban J connectivity index is 1.76. The summed E-state index contributed by atoms with van der Waals surface area (Å²) in [5.74, 6) is 4.31. The lowest BCUT2D eigenvalue weighted by molar-refractivity contribution is -0.124. The minimum atomic E-state index is -3.51. The van der Waals surface area contributed by atoms with E-state index < -0.39 is 28.0 Å². The summed E-state index contributed by atoms with van der Waals surface area (Å²) in [6, 6.07) is 5.82. The molecule has 1 unspecified atom stereocenters. The highest BCUT2D eigenvalue weighted by atomic mass is 32.2. The number of carbonyl (C=O) groups is 2. The fourth-order valence-corrected chi connectivity index (χ4v) is 5.67. The van der Waals surface area contributed by atoms with Crippen LogP contribution in [0, 0.1) is 0 Å². The Morgan fingerprint density at radius 1 is 1.42 bits per heavy atom. The summed E-state index contributed by atoms with van der Waals surface area (Å²) in [6.07, 6.45) is 4.39. The number of benzene rings is 1. The third-order valence-electron chi connectivity index (χ3n) is 5.05. The number of ketones is 1. The lowest BCUT2D eigenvalue weighted by Crippen LogP contribution is -2.50. The predicted molar refractivity (Wildman–Crippen MR) is 120 cm³/mol. The van der Waals surface area contributed by atoms with Gasteiger partial charge in [-0.3, -0.25) is 9.59 Å². The lowest BCUT2D eigenvalue weighted by atomic mass is 10.1. The number of aromatic nitrogens is 1. The van der Waals surface area contributed by atoms with Crippen molar-refractivity contribution >= 4 is 49.6 Å². The fourth-order valence-electron chi connectivity index (χ4n) is 3.59. The highest BCUT2D eigenvalue weighted by Crippen LogP contribution is 2.24. The second kappa shape index (κ2) is 10.2. The molecule has 168 valence electrons. The first-order chi connectivity index (χ1) is 14.8. The highest BCUT2D eigenvalue weighted by molar-refractivity contribution is 7.88. The van der Waals surface area contributed by atoms with Gasteiger partial charge in [-0.15, -0.1) is 11.3 Å². The van der Waals surface area contributed by atoms with Crippen LogP contribution in [0.15, 0.2) is 29.4 Å². The summed E-state index contributed by atoms with van der Waals surface area (Å²) in [6.45, 7) is 0.814. The van der Waals surface area contributed by atoms with Crippen molar-refractivity contribution < 1.29 is 18.0 Å². The van der Waals surface area contributed by atoms with Gasteiger partial charge < -0.3 is 16.5 Å². The normalized spacial score (nSPS) is 18.4. The Morgan fingerprint density at radius 3 is 2.90 bits per heavy atom. The maximum atomic E-state index is 13.2. The zero-order chi connectivity index (χ0) is 22.4. The number of para-hydroxylation sites is 1. The van der Waals surface area contributed by atoms with E-state index in [0.29, 0.717) is 43.8 Å². The van der Waals surface area contributed by atoms with Crippen LogP contribution in [0.5, 0.6) is 0 Å². The van der Waals surface area contributed by atoms with Crippen LogP contribution >= 0.6 is 11.3 Å². The number of fused-ring (bicyclic) bond motifs is 1. The smallest absolute Gasteiger partial charge is 0.239 e. The van der Waals surface area contributed by atoms with Crippen LogP contribution < -0.4 is 16.5 Å². The number of Topliss-reactive ketones (excluding diaryl/α,β-unsaturated/α-hetero) is 1. The van der Waals surface area contributed by atoms with E-state index in [-0.39, 0.29) is 5.78 Å².